The zero-order valence-electron chi connectivity index (χ0n) is 21.7. The maximum Gasteiger partial charge on any atom is 0.301 e. The van der Waals surface area contributed by atoms with E-state index in [1.54, 1.807) is 12.1 Å². The van der Waals surface area contributed by atoms with Crippen LogP contribution >= 0.6 is 11.3 Å². The molecule has 1 aliphatic heterocycles. The van der Waals surface area contributed by atoms with Crippen molar-refractivity contribution in [3.63, 3.8) is 0 Å². The number of nitrogens with zero attached hydrogens (tertiary/aromatic N) is 2. The highest BCUT2D eigenvalue weighted by Gasteiger charge is 2.48. The van der Waals surface area contributed by atoms with E-state index in [9.17, 15) is 14.7 Å². The third-order valence-corrected chi connectivity index (χ3v) is 7.72. The summed E-state index contributed by atoms with van der Waals surface area (Å²) in [6.07, 6.45) is 3.12. The molecule has 5 rings (SSSR count). The Bertz CT molecular complexity index is 1540. The minimum Gasteiger partial charge on any atom is -0.507 e. The van der Waals surface area contributed by atoms with Crippen LogP contribution in [-0.4, -0.2) is 28.4 Å². The third-order valence-electron chi connectivity index (χ3n) is 6.70. The summed E-state index contributed by atoms with van der Waals surface area (Å²) in [5.74, 6) is -1.01. The van der Waals surface area contributed by atoms with Gasteiger partial charge in [0.1, 0.15) is 11.5 Å². The summed E-state index contributed by atoms with van der Waals surface area (Å²) in [7, 11) is 0. The van der Waals surface area contributed by atoms with Gasteiger partial charge in [0.05, 0.1) is 28.4 Å². The molecule has 0 aliphatic carbocycles. The fourth-order valence-corrected chi connectivity index (χ4v) is 5.74. The zero-order valence-corrected chi connectivity index (χ0v) is 22.5. The average Bonchev–Trinajstić information content (AvgIpc) is 3.44. The number of anilines is 1. The highest BCUT2D eigenvalue weighted by Crippen LogP contribution is 2.45. The van der Waals surface area contributed by atoms with Crippen LogP contribution in [0.15, 0.2) is 72.3 Å². The number of unbranched alkanes of at least 4 members (excludes halogenated alkanes) is 2. The predicted octanol–water partition coefficient (Wildman–Crippen LogP) is 7.11. The van der Waals surface area contributed by atoms with Gasteiger partial charge in [0, 0.05) is 5.56 Å². The standard InChI is InChI=1S/C31H30N2O4S/c1-4-5-6-16-37-23-9-7-8-22(18-23)27-26(28(34)21-13-10-19(2)11-14-21)29(35)30(36)33(27)31-32-24-15-12-20(3)17-25(24)38-31/h7-15,17-18,27,34H,4-6,16H2,1-3H3. The van der Waals surface area contributed by atoms with E-state index in [1.807, 2.05) is 68.4 Å². The number of aliphatic hydroxyl groups is 1. The Hall–Kier alpha value is -3.97. The van der Waals surface area contributed by atoms with Crippen molar-refractivity contribution in [3.05, 3.63) is 94.6 Å². The van der Waals surface area contributed by atoms with Crippen LogP contribution in [0.5, 0.6) is 5.75 Å². The first kappa shape index (κ1) is 25.7. The molecule has 1 N–H and O–H groups in total. The van der Waals surface area contributed by atoms with E-state index in [2.05, 4.69) is 6.92 Å². The number of aromatic nitrogens is 1. The van der Waals surface area contributed by atoms with E-state index < -0.39 is 17.7 Å². The fraction of sp³-hybridized carbons (Fsp3) is 0.258. The number of carbonyl (C=O) groups is 2. The molecule has 1 aliphatic rings. The van der Waals surface area contributed by atoms with Gasteiger partial charge < -0.3 is 9.84 Å². The summed E-state index contributed by atoms with van der Waals surface area (Å²) >= 11 is 1.35. The van der Waals surface area contributed by atoms with Crippen molar-refractivity contribution in [2.45, 2.75) is 46.1 Å². The van der Waals surface area contributed by atoms with E-state index >= 15 is 0 Å². The lowest BCUT2D eigenvalue weighted by atomic mass is 9.95. The van der Waals surface area contributed by atoms with Gasteiger partial charge in [0.25, 0.3) is 5.78 Å². The molecule has 0 radical (unpaired) electrons. The van der Waals surface area contributed by atoms with Gasteiger partial charge in [-0.25, -0.2) is 4.98 Å². The van der Waals surface area contributed by atoms with Crippen molar-refractivity contribution in [3.8, 4) is 5.75 Å². The summed E-state index contributed by atoms with van der Waals surface area (Å²) < 4.78 is 6.90. The minimum atomic E-state index is -0.850. The molecule has 0 spiro atoms. The molecule has 7 heteroatoms. The summed E-state index contributed by atoms with van der Waals surface area (Å²) in [6, 6.07) is 19.7. The second-order valence-corrected chi connectivity index (χ2v) is 10.6. The molecule has 0 saturated carbocycles. The number of amides is 1. The number of benzene rings is 3. The topological polar surface area (TPSA) is 79.7 Å². The molecule has 1 amide bonds. The first-order valence-corrected chi connectivity index (χ1v) is 13.7. The van der Waals surface area contributed by atoms with Crippen molar-refractivity contribution in [1.29, 1.82) is 0 Å². The quantitative estimate of drug-likeness (QED) is 0.115. The van der Waals surface area contributed by atoms with E-state index in [4.69, 9.17) is 9.72 Å². The van der Waals surface area contributed by atoms with Crippen molar-refractivity contribution < 1.29 is 19.4 Å². The van der Waals surface area contributed by atoms with Crippen molar-refractivity contribution in [2.24, 2.45) is 0 Å². The molecule has 1 fully saturated rings. The number of rotatable bonds is 8. The minimum absolute atomic E-state index is 0.0393. The molecule has 2 heterocycles. The van der Waals surface area contributed by atoms with Crippen LogP contribution in [0.1, 0.15) is 54.5 Å². The lowest BCUT2D eigenvalue weighted by Gasteiger charge is -2.23. The number of carbonyl (C=O) groups excluding carboxylic acids is 2. The normalized spacial score (nSPS) is 16.9. The predicted molar refractivity (Wildman–Crippen MR) is 152 cm³/mol. The molecule has 4 aromatic rings. The summed E-state index contributed by atoms with van der Waals surface area (Å²) in [5, 5.41) is 11.8. The van der Waals surface area contributed by atoms with Gasteiger partial charge in [-0.1, -0.05) is 79.1 Å². The lowest BCUT2D eigenvalue weighted by molar-refractivity contribution is -0.132. The summed E-state index contributed by atoms with van der Waals surface area (Å²) in [6.45, 7) is 6.67. The van der Waals surface area contributed by atoms with Crippen molar-refractivity contribution in [1.82, 2.24) is 4.98 Å². The maximum absolute atomic E-state index is 13.5. The Morgan fingerprint density at radius 1 is 1.00 bits per heavy atom. The van der Waals surface area contributed by atoms with Gasteiger partial charge in [-0.2, -0.15) is 0 Å². The van der Waals surface area contributed by atoms with E-state index in [0.717, 1.165) is 40.6 Å². The van der Waals surface area contributed by atoms with Gasteiger partial charge in [-0.15, -0.1) is 0 Å². The Balaban J connectivity index is 1.64. The van der Waals surface area contributed by atoms with Crippen molar-refractivity contribution in [2.75, 3.05) is 11.5 Å². The number of Topliss-reactive ketones (excluding diaryl/α,β-unsaturated/α-hetero) is 1. The van der Waals surface area contributed by atoms with Crippen LogP contribution in [0.3, 0.4) is 0 Å². The zero-order chi connectivity index (χ0) is 26.8. The molecule has 1 saturated heterocycles. The molecule has 38 heavy (non-hydrogen) atoms. The third kappa shape index (κ3) is 4.94. The highest BCUT2D eigenvalue weighted by molar-refractivity contribution is 7.22. The van der Waals surface area contributed by atoms with Crippen LogP contribution in [0, 0.1) is 13.8 Å². The van der Waals surface area contributed by atoms with Gasteiger partial charge in [0.2, 0.25) is 0 Å². The molecule has 1 aromatic heterocycles. The first-order valence-electron chi connectivity index (χ1n) is 12.9. The van der Waals surface area contributed by atoms with Gasteiger partial charge >= 0.3 is 5.91 Å². The SMILES string of the molecule is CCCCCOc1cccc(C2C(=C(O)c3ccc(C)cc3)C(=O)C(=O)N2c2nc3ccc(C)cc3s2)c1. The highest BCUT2D eigenvalue weighted by atomic mass is 32.1. The van der Waals surface area contributed by atoms with Crippen LogP contribution in [-0.2, 0) is 9.59 Å². The van der Waals surface area contributed by atoms with Crippen LogP contribution < -0.4 is 9.64 Å². The Labute approximate surface area is 226 Å². The number of thiazole rings is 1. The Kier molecular flexibility index (Phi) is 7.29. The van der Waals surface area contributed by atoms with Gasteiger partial charge in [0.15, 0.2) is 5.13 Å². The Morgan fingerprint density at radius 3 is 2.53 bits per heavy atom. The maximum atomic E-state index is 13.5. The van der Waals surface area contributed by atoms with Gasteiger partial charge in [-0.3, -0.25) is 14.5 Å². The molecular weight excluding hydrogens is 496 g/mol. The average molecular weight is 527 g/mol. The molecular formula is C31H30N2O4S. The van der Waals surface area contributed by atoms with Crippen LogP contribution in [0.4, 0.5) is 5.13 Å². The van der Waals surface area contributed by atoms with Crippen LogP contribution in [0.2, 0.25) is 0 Å². The number of hydrogen-bond donors (Lipinski definition) is 1. The summed E-state index contributed by atoms with van der Waals surface area (Å²) in [4.78, 5) is 33.1. The fourth-order valence-electron chi connectivity index (χ4n) is 4.65. The second-order valence-electron chi connectivity index (χ2n) is 9.63. The number of ketones is 1. The van der Waals surface area contributed by atoms with E-state index in [1.165, 1.54) is 16.2 Å². The largest absolute Gasteiger partial charge is 0.507 e. The van der Waals surface area contributed by atoms with E-state index in [-0.39, 0.29) is 11.3 Å². The second kappa shape index (κ2) is 10.8. The molecule has 6 nitrogen and oxygen atoms in total. The number of hydrogen-bond acceptors (Lipinski definition) is 6. The first-order chi connectivity index (χ1) is 18.4. The van der Waals surface area contributed by atoms with Crippen LogP contribution in [0.25, 0.3) is 16.0 Å². The summed E-state index contributed by atoms with van der Waals surface area (Å²) in [5.41, 5.74) is 4.04. The lowest BCUT2D eigenvalue weighted by Crippen LogP contribution is -2.29. The van der Waals surface area contributed by atoms with Gasteiger partial charge in [-0.05, 0) is 55.7 Å². The molecule has 1 unspecified atom stereocenters. The number of fused-ring (bicyclic) bond motifs is 1. The smallest absolute Gasteiger partial charge is 0.301 e. The number of aryl methyl sites for hydroxylation is 2. The monoisotopic (exact) mass is 526 g/mol. The number of ether oxygens (including phenoxy) is 1. The molecule has 0 bridgehead atoms. The number of aliphatic hydroxyl groups excluding tert-OH is 1. The van der Waals surface area contributed by atoms with Crippen molar-refractivity contribution >= 4 is 44.1 Å². The Morgan fingerprint density at radius 2 is 1.76 bits per heavy atom. The molecule has 1 atom stereocenters. The molecule has 194 valence electrons. The molecule has 3 aromatic carbocycles. The van der Waals surface area contributed by atoms with E-state index in [0.29, 0.717) is 28.6 Å².